The van der Waals surface area contributed by atoms with Crippen molar-refractivity contribution in [2.45, 2.75) is 0 Å². The molecule has 0 fully saturated rings. The molecule has 1 amide bonds. The maximum Gasteiger partial charge on any atom is 0.337 e. The summed E-state index contributed by atoms with van der Waals surface area (Å²) in [5, 5.41) is 13.7. The number of carboxylic acid groups (broad SMARTS) is 1. The van der Waals surface area contributed by atoms with Crippen LogP contribution in [-0.4, -0.2) is 24.1 Å². The van der Waals surface area contributed by atoms with Crippen molar-refractivity contribution < 1.29 is 23.8 Å². The number of carboxylic acids is 1. The van der Waals surface area contributed by atoms with Crippen molar-refractivity contribution in [1.82, 2.24) is 0 Å². The molecule has 2 N–H and O–H groups in total. The van der Waals surface area contributed by atoms with Gasteiger partial charge in [-0.15, -0.1) is 0 Å². The summed E-state index contributed by atoms with van der Waals surface area (Å²) >= 11 is 0. The Bertz CT molecular complexity index is 1060. The van der Waals surface area contributed by atoms with Gasteiger partial charge >= 0.3 is 5.97 Å². The minimum absolute atomic E-state index is 0.00838. The van der Waals surface area contributed by atoms with Crippen LogP contribution >= 0.6 is 0 Å². The van der Waals surface area contributed by atoms with Gasteiger partial charge in [0.05, 0.1) is 18.4 Å². The third-order valence-electron chi connectivity index (χ3n) is 3.98. The summed E-state index contributed by atoms with van der Waals surface area (Å²) in [6.07, 6.45) is 1.55. The Labute approximate surface area is 154 Å². The Morgan fingerprint density at radius 2 is 1.78 bits per heavy atom. The fourth-order valence-corrected chi connectivity index (χ4v) is 2.65. The third kappa shape index (κ3) is 4.12. The van der Waals surface area contributed by atoms with E-state index in [0.717, 1.165) is 28.5 Å². The van der Waals surface area contributed by atoms with Crippen molar-refractivity contribution in [3.63, 3.8) is 0 Å². The quantitative estimate of drug-likeness (QED) is 0.522. The smallest absolute Gasteiger partial charge is 0.337 e. The molecule has 3 aromatic carbocycles. The topological polar surface area (TPSA) is 75.6 Å². The monoisotopic (exact) mass is 365 g/mol. The van der Waals surface area contributed by atoms with Crippen molar-refractivity contribution in [3.05, 3.63) is 83.4 Å². The first-order chi connectivity index (χ1) is 13.0. The average molecular weight is 365 g/mol. The van der Waals surface area contributed by atoms with Crippen LogP contribution in [0.4, 0.5) is 10.1 Å². The predicted molar refractivity (Wildman–Crippen MR) is 101 cm³/mol. The Balaban J connectivity index is 1.89. The molecule has 0 heterocycles. The molecular formula is C21H16FNO4. The van der Waals surface area contributed by atoms with Crippen LogP contribution in [-0.2, 0) is 9.53 Å². The van der Waals surface area contributed by atoms with Gasteiger partial charge in [0.2, 0.25) is 0 Å². The molecule has 0 aliphatic heterocycles. The molecule has 6 heteroatoms. The summed E-state index contributed by atoms with van der Waals surface area (Å²) in [4.78, 5) is 23.7. The number of nitrogens with one attached hydrogen (secondary N) is 1. The number of fused-ring (bicyclic) bond motifs is 1. The van der Waals surface area contributed by atoms with Crippen LogP contribution in [0, 0.1) is 5.82 Å². The highest BCUT2D eigenvalue weighted by Gasteiger charge is 2.16. The first kappa shape index (κ1) is 18.1. The first-order valence-electron chi connectivity index (χ1n) is 8.06. The van der Waals surface area contributed by atoms with Crippen molar-refractivity contribution in [2.24, 2.45) is 0 Å². The van der Waals surface area contributed by atoms with E-state index in [4.69, 9.17) is 4.74 Å². The molecule has 0 radical (unpaired) electrons. The van der Waals surface area contributed by atoms with Crippen molar-refractivity contribution >= 4 is 34.4 Å². The van der Waals surface area contributed by atoms with Gasteiger partial charge < -0.3 is 15.2 Å². The van der Waals surface area contributed by atoms with Gasteiger partial charge in [-0.1, -0.05) is 36.4 Å². The van der Waals surface area contributed by atoms with Gasteiger partial charge in [0, 0.05) is 0 Å². The van der Waals surface area contributed by atoms with Gasteiger partial charge in [0.25, 0.3) is 5.91 Å². The highest BCUT2D eigenvalue weighted by atomic mass is 19.1. The lowest BCUT2D eigenvalue weighted by atomic mass is 10.1. The predicted octanol–water partition coefficient (Wildman–Crippen LogP) is 4.30. The highest BCUT2D eigenvalue weighted by Crippen LogP contribution is 2.20. The Morgan fingerprint density at radius 3 is 2.48 bits per heavy atom. The van der Waals surface area contributed by atoms with Gasteiger partial charge in [0.1, 0.15) is 5.82 Å². The van der Waals surface area contributed by atoms with E-state index in [2.05, 4.69) is 5.32 Å². The molecule has 0 spiro atoms. The summed E-state index contributed by atoms with van der Waals surface area (Å²) in [6, 6.07) is 16.6. The van der Waals surface area contributed by atoms with Gasteiger partial charge in [-0.05, 0) is 46.7 Å². The second-order valence-corrected chi connectivity index (χ2v) is 5.77. The number of ether oxygens (including phenoxy) is 1. The molecular weight excluding hydrogens is 349 g/mol. The molecule has 136 valence electrons. The summed E-state index contributed by atoms with van der Waals surface area (Å²) in [5.41, 5.74) is 0.387. The fraction of sp³-hybridized carbons (Fsp3) is 0.0476. The number of carbonyl (C=O) groups is 2. The van der Waals surface area contributed by atoms with Crippen LogP contribution in [0.15, 0.2) is 66.4 Å². The lowest BCUT2D eigenvalue weighted by Crippen LogP contribution is -2.17. The van der Waals surface area contributed by atoms with E-state index in [9.17, 15) is 19.1 Å². The lowest BCUT2D eigenvalue weighted by molar-refractivity contribution is -0.115. The molecule has 0 aliphatic carbocycles. The number of hydrogen-bond acceptors (Lipinski definition) is 3. The number of halogens is 1. The van der Waals surface area contributed by atoms with Gasteiger partial charge in [0.15, 0.2) is 5.76 Å². The standard InChI is InChI=1S/C21H16FNO4/c1-27-19(11-13-6-7-14-4-2-3-5-15(14)10-13)20(24)23-18-9-8-16(22)12-17(18)21(25)26/h2-12H,1H3,(H,23,24)(H,25,26). The van der Waals surface area contributed by atoms with E-state index in [0.29, 0.717) is 0 Å². The largest absolute Gasteiger partial charge is 0.491 e. The first-order valence-corrected chi connectivity index (χ1v) is 8.06. The number of anilines is 1. The average Bonchev–Trinajstić information content (AvgIpc) is 2.67. The van der Waals surface area contributed by atoms with Crippen molar-refractivity contribution in [1.29, 1.82) is 0 Å². The number of benzene rings is 3. The zero-order valence-electron chi connectivity index (χ0n) is 14.4. The molecule has 0 aliphatic rings. The number of carbonyl (C=O) groups excluding carboxylic acids is 1. The number of hydrogen-bond donors (Lipinski definition) is 2. The second-order valence-electron chi connectivity index (χ2n) is 5.77. The molecule has 0 bridgehead atoms. The second kappa shape index (κ2) is 7.70. The maximum absolute atomic E-state index is 13.3. The number of aromatic carboxylic acids is 1. The van der Waals surface area contributed by atoms with Crippen LogP contribution in [0.2, 0.25) is 0 Å². The minimum atomic E-state index is -1.35. The van der Waals surface area contributed by atoms with E-state index in [-0.39, 0.29) is 17.0 Å². The lowest BCUT2D eigenvalue weighted by Gasteiger charge is -2.10. The van der Waals surface area contributed by atoms with E-state index in [1.807, 2.05) is 42.5 Å². The summed E-state index contributed by atoms with van der Waals surface area (Å²) in [7, 11) is 1.34. The molecule has 0 aromatic heterocycles. The molecule has 3 aromatic rings. The molecule has 0 saturated heterocycles. The molecule has 27 heavy (non-hydrogen) atoms. The Hall–Kier alpha value is -3.67. The van der Waals surface area contributed by atoms with Crippen LogP contribution < -0.4 is 5.32 Å². The molecule has 0 unspecified atom stereocenters. The summed E-state index contributed by atoms with van der Waals surface area (Å²) < 4.78 is 18.4. The van der Waals surface area contributed by atoms with Crippen LogP contribution in [0.1, 0.15) is 15.9 Å². The number of amides is 1. The SMILES string of the molecule is COC(=Cc1ccc2ccccc2c1)C(=O)Nc1ccc(F)cc1C(=O)O. The van der Waals surface area contributed by atoms with Gasteiger partial charge in [-0.25, -0.2) is 9.18 Å². The molecule has 3 rings (SSSR count). The van der Waals surface area contributed by atoms with E-state index >= 15 is 0 Å². The van der Waals surface area contributed by atoms with Crippen LogP contribution in [0.5, 0.6) is 0 Å². The van der Waals surface area contributed by atoms with E-state index in [1.54, 1.807) is 6.08 Å². The molecule has 0 atom stereocenters. The van der Waals surface area contributed by atoms with E-state index < -0.39 is 17.7 Å². The van der Waals surface area contributed by atoms with Crippen molar-refractivity contribution in [3.8, 4) is 0 Å². The fourth-order valence-electron chi connectivity index (χ4n) is 2.65. The van der Waals surface area contributed by atoms with Crippen LogP contribution in [0.25, 0.3) is 16.8 Å². The van der Waals surface area contributed by atoms with E-state index in [1.165, 1.54) is 13.2 Å². The zero-order valence-corrected chi connectivity index (χ0v) is 14.4. The number of methoxy groups -OCH3 is 1. The maximum atomic E-state index is 13.3. The van der Waals surface area contributed by atoms with Gasteiger partial charge in [-0.2, -0.15) is 0 Å². The van der Waals surface area contributed by atoms with Crippen molar-refractivity contribution in [2.75, 3.05) is 12.4 Å². The minimum Gasteiger partial charge on any atom is -0.491 e. The highest BCUT2D eigenvalue weighted by molar-refractivity contribution is 6.08. The molecule has 0 saturated carbocycles. The normalized spacial score (nSPS) is 11.3. The third-order valence-corrected chi connectivity index (χ3v) is 3.98. The Morgan fingerprint density at radius 1 is 1.04 bits per heavy atom. The van der Waals surface area contributed by atoms with Crippen LogP contribution in [0.3, 0.4) is 0 Å². The number of rotatable bonds is 5. The zero-order chi connectivity index (χ0) is 19.4. The molecule has 5 nitrogen and oxygen atoms in total. The Kier molecular flexibility index (Phi) is 5.17. The summed E-state index contributed by atoms with van der Waals surface area (Å²) in [6.45, 7) is 0. The summed E-state index contributed by atoms with van der Waals surface area (Å²) in [5.74, 6) is -2.70. The van der Waals surface area contributed by atoms with Gasteiger partial charge in [-0.3, -0.25) is 4.79 Å².